The molecule has 0 radical (unpaired) electrons. The predicted molar refractivity (Wildman–Crippen MR) is 101 cm³/mol. The van der Waals surface area contributed by atoms with E-state index in [4.69, 9.17) is 0 Å². The van der Waals surface area contributed by atoms with Gasteiger partial charge in [0.15, 0.2) is 5.96 Å². The molecule has 0 aromatic heterocycles. The normalized spacial score (nSPS) is 20.9. The Balaban J connectivity index is 0.00000192. The quantitative estimate of drug-likeness (QED) is 0.380. The van der Waals surface area contributed by atoms with Crippen molar-refractivity contribution in [1.82, 2.24) is 10.6 Å². The van der Waals surface area contributed by atoms with Gasteiger partial charge in [0.2, 0.25) is 0 Å². The molecule has 0 bridgehead atoms. The Labute approximate surface area is 154 Å². The molecule has 0 aliphatic heterocycles. The van der Waals surface area contributed by atoms with E-state index >= 15 is 0 Å². The van der Waals surface area contributed by atoms with E-state index in [1.165, 1.54) is 6.07 Å². The third kappa shape index (κ3) is 4.35. The van der Waals surface area contributed by atoms with E-state index in [2.05, 4.69) is 15.6 Å². The Morgan fingerprint density at radius 3 is 2.43 bits per heavy atom. The van der Waals surface area contributed by atoms with Gasteiger partial charge in [-0.3, -0.25) is 4.99 Å². The Kier molecular flexibility index (Phi) is 5.89. The van der Waals surface area contributed by atoms with Crippen molar-refractivity contribution in [2.45, 2.75) is 43.1 Å². The largest absolute Gasteiger partial charge is 0.388 e. The van der Waals surface area contributed by atoms with Gasteiger partial charge in [-0.15, -0.1) is 24.0 Å². The van der Waals surface area contributed by atoms with E-state index in [1.54, 1.807) is 19.2 Å². The number of nitrogens with zero attached hydrogens (tertiary/aromatic N) is 1. The number of rotatable bonds is 5. The molecule has 0 saturated heterocycles. The third-order valence-corrected chi connectivity index (χ3v) is 4.98. The molecule has 2 aliphatic rings. The maximum absolute atomic E-state index is 13.4. The average Bonchev–Trinajstić information content (AvgIpc) is 3.27. The van der Waals surface area contributed by atoms with Crippen LogP contribution in [0.1, 0.15) is 37.7 Å². The molecule has 1 aromatic rings. The maximum Gasteiger partial charge on any atom is 0.191 e. The summed E-state index contributed by atoms with van der Waals surface area (Å²) < 4.78 is 13.4. The highest BCUT2D eigenvalue weighted by molar-refractivity contribution is 14.0. The standard InChI is InChI=1S/C17H24FN3O.HI/c1-19-15(21-12-17(22)6-3-7-17)20-11-16(8-9-16)13-4-2-5-14(18)10-13;/h2,4-5,10,22H,3,6-9,11-12H2,1H3,(H2,19,20,21);1H. The molecule has 3 rings (SSSR count). The smallest absolute Gasteiger partial charge is 0.191 e. The van der Waals surface area contributed by atoms with Crippen LogP contribution in [0.2, 0.25) is 0 Å². The van der Waals surface area contributed by atoms with Crippen LogP contribution in [0.3, 0.4) is 0 Å². The van der Waals surface area contributed by atoms with Crippen molar-refractivity contribution >= 4 is 29.9 Å². The van der Waals surface area contributed by atoms with Gasteiger partial charge in [-0.25, -0.2) is 4.39 Å². The molecule has 2 saturated carbocycles. The highest BCUT2D eigenvalue weighted by Crippen LogP contribution is 2.47. The zero-order valence-corrected chi connectivity index (χ0v) is 15.8. The van der Waals surface area contributed by atoms with Gasteiger partial charge in [0.05, 0.1) is 5.60 Å². The number of guanidine groups is 1. The van der Waals surface area contributed by atoms with Crippen molar-refractivity contribution in [3.8, 4) is 0 Å². The van der Waals surface area contributed by atoms with Crippen LogP contribution >= 0.6 is 24.0 Å². The summed E-state index contributed by atoms with van der Waals surface area (Å²) in [5.74, 6) is 0.515. The van der Waals surface area contributed by atoms with Crippen LogP contribution in [0, 0.1) is 5.82 Å². The predicted octanol–water partition coefficient (Wildman–Crippen LogP) is 2.56. The van der Waals surface area contributed by atoms with Gasteiger partial charge in [0.25, 0.3) is 0 Å². The Morgan fingerprint density at radius 1 is 1.22 bits per heavy atom. The summed E-state index contributed by atoms with van der Waals surface area (Å²) in [6.45, 7) is 1.26. The van der Waals surface area contributed by atoms with Crippen molar-refractivity contribution in [3.63, 3.8) is 0 Å². The maximum atomic E-state index is 13.4. The van der Waals surface area contributed by atoms with E-state index in [9.17, 15) is 9.50 Å². The molecule has 2 fully saturated rings. The Hall–Kier alpha value is -0.890. The van der Waals surface area contributed by atoms with E-state index < -0.39 is 5.60 Å². The Bertz CT molecular complexity index is 571. The zero-order chi connectivity index (χ0) is 15.6. The molecule has 2 aliphatic carbocycles. The molecular weight excluding hydrogens is 408 g/mol. The van der Waals surface area contributed by atoms with Crippen LogP contribution in [-0.4, -0.2) is 36.8 Å². The second-order valence-electron chi connectivity index (χ2n) is 6.65. The first kappa shape index (κ1) is 18.4. The van der Waals surface area contributed by atoms with Crippen LogP contribution in [-0.2, 0) is 5.41 Å². The second kappa shape index (κ2) is 7.34. The van der Waals surface area contributed by atoms with E-state index in [0.717, 1.165) is 44.2 Å². The van der Waals surface area contributed by atoms with Crippen molar-refractivity contribution in [3.05, 3.63) is 35.6 Å². The molecule has 3 N–H and O–H groups in total. The monoisotopic (exact) mass is 433 g/mol. The number of hydrogen-bond acceptors (Lipinski definition) is 2. The van der Waals surface area contributed by atoms with Crippen molar-refractivity contribution in [2.75, 3.05) is 20.1 Å². The van der Waals surface area contributed by atoms with Crippen LogP contribution in [0.25, 0.3) is 0 Å². The highest BCUT2D eigenvalue weighted by Gasteiger charge is 2.44. The molecular formula is C17H25FIN3O. The van der Waals surface area contributed by atoms with Crippen LogP contribution in [0.5, 0.6) is 0 Å². The van der Waals surface area contributed by atoms with Gasteiger partial charge >= 0.3 is 0 Å². The first-order valence-corrected chi connectivity index (χ1v) is 7.98. The lowest BCUT2D eigenvalue weighted by molar-refractivity contribution is -0.0279. The van der Waals surface area contributed by atoms with Crippen LogP contribution in [0.4, 0.5) is 4.39 Å². The fourth-order valence-electron chi connectivity index (χ4n) is 3.02. The molecule has 6 heteroatoms. The minimum atomic E-state index is -0.572. The van der Waals surface area contributed by atoms with Crippen molar-refractivity contribution < 1.29 is 9.50 Å². The fraction of sp³-hybridized carbons (Fsp3) is 0.588. The molecule has 0 amide bonds. The van der Waals surface area contributed by atoms with Gasteiger partial charge in [-0.05, 0) is 49.8 Å². The minimum Gasteiger partial charge on any atom is -0.388 e. The first-order valence-electron chi connectivity index (χ1n) is 7.98. The number of benzene rings is 1. The van der Waals surface area contributed by atoms with Crippen LogP contribution < -0.4 is 10.6 Å². The summed E-state index contributed by atoms with van der Waals surface area (Å²) in [7, 11) is 1.72. The van der Waals surface area contributed by atoms with E-state index in [-0.39, 0.29) is 35.2 Å². The Morgan fingerprint density at radius 2 is 1.91 bits per heavy atom. The van der Waals surface area contributed by atoms with Gasteiger partial charge in [-0.2, -0.15) is 0 Å². The highest BCUT2D eigenvalue weighted by atomic mass is 127. The molecule has 0 atom stereocenters. The summed E-state index contributed by atoms with van der Waals surface area (Å²) in [6, 6.07) is 6.86. The number of halogens is 2. The van der Waals surface area contributed by atoms with Crippen molar-refractivity contribution in [1.29, 1.82) is 0 Å². The number of hydrogen-bond donors (Lipinski definition) is 3. The average molecular weight is 433 g/mol. The molecule has 0 heterocycles. The fourth-order valence-corrected chi connectivity index (χ4v) is 3.02. The molecule has 1 aromatic carbocycles. The SMILES string of the molecule is CN=C(NCC1(O)CCC1)NCC1(c2cccc(F)c2)CC1.I. The molecule has 128 valence electrons. The molecule has 0 spiro atoms. The van der Waals surface area contributed by atoms with E-state index in [0.29, 0.717) is 12.5 Å². The number of aliphatic imine (C=N–C) groups is 1. The van der Waals surface area contributed by atoms with Crippen molar-refractivity contribution in [2.24, 2.45) is 4.99 Å². The summed E-state index contributed by atoms with van der Waals surface area (Å²) >= 11 is 0. The van der Waals surface area contributed by atoms with E-state index in [1.807, 2.05) is 6.07 Å². The van der Waals surface area contributed by atoms with Gasteiger partial charge in [-0.1, -0.05) is 12.1 Å². The summed E-state index contributed by atoms with van der Waals surface area (Å²) in [5, 5.41) is 16.6. The number of aliphatic hydroxyl groups is 1. The van der Waals surface area contributed by atoms with Gasteiger partial charge in [0, 0.05) is 25.6 Å². The van der Waals surface area contributed by atoms with Gasteiger partial charge in [0.1, 0.15) is 5.82 Å². The summed E-state index contributed by atoms with van der Waals surface area (Å²) in [5.41, 5.74) is 0.498. The minimum absolute atomic E-state index is 0. The number of nitrogens with one attached hydrogen (secondary N) is 2. The first-order chi connectivity index (χ1) is 10.6. The van der Waals surface area contributed by atoms with Gasteiger partial charge < -0.3 is 15.7 Å². The molecule has 4 nitrogen and oxygen atoms in total. The topological polar surface area (TPSA) is 56.7 Å². The van der Waals surface area contributed by atoms with Crippen LogP contribution in [0.15, 0.2) is 29.3 Å². The summed E-state index contributed by atoms with van der Waals surface area (Å²) in [4.78, 5) is 4.20. The molecule has 23 heavy (non-hydrogen) atoms. The molecule has 0 unspecified atom stereocenters. The lowest BCUT2D eigenvalue weighted by atomic mass is 9.80. The second-order valence-corrected chi connectivity index (χ2v) is 6.65. The lowest BCUT2D eigenvalue weighted by Crippen LogP contribution is -2.51. The third-order valence-electron chi connectivity index (χ3n) is 4.98. The lowest BCUT2D eigenvalue weighted by Gasteiger charge is -2.37. The summed E-state index contributed by atoms with van der Waals surface area (Å²) in [6.07, 6.45) is 4.91. The zero-order valence-electron chi connectivity index (χ0n) is 13.4.